The van der Waals surface area contributed by atoms with Gasteiger partial charge >= 0.3 is 0 Å². The van der Waals surface area contributed by atoms with E-state index in [0.29, 0.717) is 0 Å². The van der Waals surface area contributed by atoms with Crippen molar-refractivity contribution in [3.63, 3.8) is 0 Å². The Hall–Kier alpha value is -8.66. The van der Waals surface area contributed by atoms with E-state index in [1.165, 1.54) is 60.0 Å². The van der Waals surface area contributed by atoms with Crippen molar-refractivity contribution in [3.8, 4) is 39.1 Å². The molecule has 0 bridgehead atoms. The van der Waals surface area contributed by atoms with Crippen molar-refractivity contribution in [1.29, 1.82) is 0 Å². The monoisotopic (exact) mass is 828 g/mol. The second kappa shape index (κ2) is 15.0. The first kappa shape index (κ1) is 36.9. The van der Waals surface area contributed by atoms with E-state index in [-0.39, 0.29) is 0 Å². The van der Waals surface area contributed by atoms with Crippen LogP contribution in [-0.2, 0) is 0 Å². The Labute approximate surface area is 376 Å². The number of hydrogen-bond acceptors (Lipinski definition) is 2. The van der Waals surface area contributed by atoms with Crippen LogP contribution < -0.4 is 4.90 Å². The summed E-state index contributed by atoms with van der Waals surface area (Å²) in [4.78, 5) is 2.40. The maximum absolute atomic E-state index is 6.38. The summed E-state index contributed by atoms with van der Waals surface area (Å²) in [5.74, 6) is 0. The van der Waals surface area contributed by atoms with Crippen LogP contribution in [-0.4, -0.2) is 4.57 Å². The van der Waals surface area contributed by atoms with Gasteiger partial charge in [0.15, 0.2) is 0 Å². The van der Waals surface area contributed by atoms with Gasteiger partial charge in [0, 0.05) is 44.2 Å². The normalized spacial score (nSPS) is 11.7. The molecule has 11 aromatic carbocycles. The van der Waals surface area contributed by atoms with E-state index in [2.05, 4.69) is 246 Å². The molecular formula is C62H40N2O. The van der Waals surface area contributed by atoms with Gasteiger partial charge in [-0.15, -0.1) is 0 Å². The molecule has 3 nitrogen and oxygen atoms in total. The molecule has 0 N–H and O–H groups in total. The van der Waals surface area contributed by atoms with Gasteiger partial charge in [-0.05, 0) is 116 Å². The number of anilines is 3. The summed E-state index contributed by atoms with van der Waals surface area (Å²) in [5.41, 5.74) is 15.6. The van der Waals surface area contributed by atoms with Crippen molar-refractivity contribution in [2.45, 2.75) is 0 Å². The maximum Gasteiger partial charge on any atom is 0.136 e. The minimum absolute atomic E-state index is 0.884. The second-order valence-corrected chi connectivity index (χ2v) is 16.9. The number of para-hydroxylation sites is 4. The lowest BCUT2D eigenvalue weighted by Gasteiger charge is -2.28. The smallest absolute Gasteiger partial charge is 0.136 e. The van der Waals surface area contributed by atoms with Gasteiger partial charge in [0.05, 0.1) is 16.7 Å². The zero-order chi connectivity index (χ0) is 42.8. The molecule has 0 atom stereocenters. The molecule has 0 spiro atoms. The summed E-state index contributed by atoms with van der Waals surface area (Å²) < 4.78 is 8.75. The molecule has 65 heavy (non-hydrogen) atoms. The Morgan fingerprint density at radius 3 is 1.55 bits per heavy atom. The molecular weight excluding hydrogens is 789 g/mol. The highest BCUT2D eigenvalue weighted by Gasteiger charge is 2.21. The van der Waals surface area contributed by atoms with Crippen LogP contribution >= 0.6 is 0 Å². The summed E-state index contributed by atoms with van der Waals surface area (Å²) in [6, 6.07) is 87.7. The van der Waals surface area contributed by atoms with Crippen LogP contribution in [0.25, 0.3) is 104 Å². The standard InChI is InChI=1S/C62H40N2O/c1-2-13-50-45(12-1)28-29-46-40-49(38-39-51(46)50)63(57-19-7-5-16-54(57)55-18-11-23-61-62(55)56-17-6-10-22-60(56)65-61)47-34-30-43(31-35-47)41-24-26-42(27-25-41)44-32-36-48(37-33-44)64-58-20-8-3-14-52(58)53-15-4-9-21-59(53)64/h1-40H. The van der Waals surface area contributed by atoms with Gasteiger partial charge < -0.3 is 13.9 Å². The summed E-state index contributed by atoms with van der Waals surface area (Å²) >= 11 is 0. The highest BCUT2D eigenvalue weighted by molar-refractivity contribution is 6.14. The van der Waals surface area contributed by atoms with Gasteiger partial charge in [-0.3, -0.25) is 0 Å². The molecule has 2 heterocycles. The molecule has 2 aromatic heterocycles. The number of furan rings is 1. The Kier molecular flexibility index (Phi) is 8.53. The third-order valence-corrected chi connectivity index (χ3v) is 13.2. The Bertz CT molecular complexity index is 3880. The first-order valence-electron chi connectivity index (χ1n) is 22.2. The molecule has 0 unspecified atom stereocenters. The van der Waals surface area contributed by atoms with Gasteiger partial charge in [0.1, 0.15) is 11.2 Å². The number of rotatable bonds is 7. The SMILES string of the molecule is c1ccc(N(c2ccc(-c3ccc(-c4ccc(-n5c6ccccc6c6ccccc65)cc4)cc3)cc2)c2ccc3c(ccc4ccccc43)c2)c(-c2cccc3oc4ccccc4c23)c1. The number of nitrogens with zero attached hydrogens (tertiary/aromatic N) is 2. The highest BCUT2D eigenvalue weighted by Crippen LogP contribution is 2.46. The van der Waals surface area contributed by atoms with Crippen molar-refractivity contribution in [3.05, 3.63) is 243 Å². The van der Waals surface area contributed by atoms with Crippen LogP contribution in [0.3, 0.4) is 0 Å². The van der Waals surface area contributed by atoms with Gasteiger partial charge in [-0.1, -0.05) is 176 Å². The zero-order valence-electron chi connectivity index (χ0n) is 35.4. The van der Waals surface area contributed by atoms with E-state index < -0.39 is 0 Å². The van der Waals surface area contributed by atoms with Crippen LogP contribution in [0.2, 0.25) is 0 Å². The van der Waals surface area contributed by atoms with E-state index in [4.69, 9.17) is 4.42 Å². The van der Waals surface area contributed by atoms with Crippen LogP contribution in [0.1, 0.15) is 0 Å². The number of fused-ring (bicyclic) bond motifs is 9. The van der Waals surface area contributed by atoms with Gasteiger partial charge in [-0.25, -0.2) is 0 Å². The van der Waals surface area contributed by atoms with E-state index >= 15 is 0 Å². The molecule has 0 saturated heterocycles. The largest absolute Gasteiger partial charge is 0.456 e. The van der Waals surface area contributed by atoms with Gasteiger partial charge in [0.25, 0.3) is 0 Å². The molecule has 0 amide bonds. The van der Waals surface area contributed by atoms with Crippen LogP contribution in [0.5, 0.6) is 0 Å². The lowest BCUT2D eigenvalue weighted by molar-refractivity contribution is 0.669. The first-order valence-corrected chi connectivity index (χ1v) is 22.2. The fourth-order valence-electron chi connectivity index (χ4n) is 10.1. The van der Waals surface area contributed by atoms with Crippen molar-refractivity contribution < 1.29 is 4.42 Å². The fourth-order valence-corrected chi connectivity index (χ4v) is 10.1. The summed E-state index contributed by atoms with van der Waals surface area (Å²) in [5, 5.41) is 9.72. The summed E-state index contributed by atoms with van der Waals surface area (Å²) in [6.07, 6.45) is 0. The van der Waals surface area contributed by atoms with Crippen LogP contribution in [0.15, 0.2) is 247 Å². The first-order chi connectivity index (χ1) is 32.2. The van der Waals surface area contributed by atoms with E-state index in [1.807, 2.05) is 6.07 Å². The lowest BCUT2D eigenvalue weighted by atomic mass is 9.96. The third-order valence-electron chi connectivity index (χ3n) is 13.2. The van der Waals surface area contributed by atoms with Crippen molar-refractivity contribution in [1.82, 2.24) is 4.57 Å². The minimum Gasteiger partial charge on any atom is -0.456 e. The minimum atomic E-state index is 0.884. The number of hydrogen-bond donors (Lipinski definition) is 0. The molecule has 13 aromatic rings. The third kappa shape index (κ3) is 6.12. The summed E-state index contributed by atoms with van der Waals surface area (Å²) in [7, 11) is 0. The quantitative estimate of drug-likeness (QED) is 0.149. The molecule has 13 rings (SSSR count). The average molecular weight is 829 g/mol. The predicted octanol–water partition coefficient (Wildman–Crippen LogP) is 17.5. The van der Waals surface area contributed by atoms with Gasteiger partial charge in [0.2, 0.25) is 0 Å². The fraction of sp³-hybridized carbons (Fsp3) is 0. The van der Waals surface area contributed by atoms with Crippen LogP contribution in [0.4, 0.5) is 17.1 Å². The van der Waals surface area contributed by atoms with E-state index in [1.54, 1.807) is 0 Å². The predicted molar refractivity (Wildman–Crippen MR) is 274 cm³/mol. The topological polar surface area (TPSA) is 21.3 Å². The van der Waals surface area contributed by atoms with E-state index in [0.717, 1.165) is 61.4 Å². The Morgan fingerprint density at radius 1 is 0.323 bits per heavy atom. The molecule has 0 saturated carbocycles. The Morgan fingerprint density at radius 2 is 0.831 bits per heavy atom. The zero-order valence-corrected chi connectivity index (χ0v) is 35.4. The lowest BCUT2D eigenvalue weighted by Crippen LogP contribution is -2.11. The van der Waals surface area contributed by atoms with Crippen molar-refractivity contribution in [2.24, 2.45) is 0 Å². The molecule has 0 aliphatic heterocycles. The molecule has 0 aliphatic rings. The maximum atomic E-state index is 6.38. The molecule has 0 fully saturated rings. The van der Waals surface area contributed by atoms with E-state index in [9.17, 15) is 0 Å². The molecule has 304 valence electrons. The Balaban J connectivity index is 0.872. The second-order valence-electron chi connectivity index (χ2n) is 16.9. The highest BCUT2D eigenvalue weighted by atomic mass is 16.3. The van der Waals surface area contributed by atoms with Crippen LogP contribution in [0, 0.1) is 0 Å². The number of aromatic nitrogens is 1. The number of benzene rings is 11. The average Bonchev–Trinajstić information content (AvgIpc) is 3.93. The van der Waals surface area contributed by atoms with Crippen molar-refractivity contribution >= 4 is 82.4 Å². The van der Waals surface area contributed by atoms with Crippen molar-refractivity contribution in [2.75, 3.05) is 4.90 Å². The molecule has 0 aliphatic carbocycles. The summed E-state index contributed by atoms with van der Waals surface area (Å²) in [6.45, 7) is 0. The molecule has 3 heteroatoms. The van der Waals surface area contributed by atoms with Gasteiger partial charge in [-0.2, -0.15) is 0 Å². The molecule has 0 radical (unpaired) electrons.